The summed E-state index contributed by atoms with van der Waals surface area (Å²) >= 11 is 0. The number of rotatable bonds is 4. The third-order valence-corrected chi connectivity index (χ3v) is 3.59. The molecule has 0 bridgehead atoms. The summed E-state index contributed by atoms with van der Waals surface area (Å²) in [5, 5.41) is 2.98. The van der Waals surface area contributed by atoms with E-state index in [-0.39, 0.29) is 5.91 Å². The van der Waals surface area contributed by atoms with Crippen LogP contribution < -0.4 is 11.1 Å². The molecule has 17 heavy (non-hydrogen) atoms. The van der Waals surface area contributed by atoms with E-state index < -0.39 is 0 Å². The number of nitrogens with zero attached hydrogens (tertiary/aromatic N) is 1. The summed E-state index contributed by atoms with van der Waals surface area (Å²) in [6, 6.07) is 3.45. The topological polar surface area (TPSA) is 68.0 Å². The second-order valence-electron chi connectivity index (χ2n) is 4.63. The maximum absolute atomic E-state index is 11.8. The van der Waals surface area contributed by atoms with Gasteiger partial charge in [0.2, 0.25) is 0 Å². The van der Waals surface area contributed by atoms with Gasteiger partial charge in [0.05, 0.1) is 0 Å². The zero-order valence-corrected chi connectivity index (χ0v) is 9.93. The van der Waals surface area contributed by atoms with Gasteiger partial charge in [-0.2, -0.15) is 0 Å². The number of amides is 1. The fourth-order valence-electron chi connectivity index (χ4n) is 2.52. The van der Waals surface area contributed by atoms with E-state index in [2.05, 4.69) is 10.3 Å². The van der Waals surface area contributed by atoms with Crippen LogP contribution in [0, 0.1) is 11.8 Å². The van der Waals surface area contributed by atoms with Gasteiger partial charge < -0.3 is 11.1 Å². The Hall–Kier alpha value is -1.42. The molecule has 4 heteroatoms. The molecular weight excluding hydrogens is 214 g/mol. The number of carbonyl (C=O) groups excluding carboxylic acids is 1. The van der Waals surface area contributed by atoms with Crippen LogP contribution in [0.3, 0.4) is 0 Å². The normalized spacial score (nSPS) is 23.6. The summed E-state index contributed by atoms with van der Waals surface area (Å²) in [4.78, 5) is 15.7. The van der Waals surface area contributed by atoms with Crippen LogP contribution in [-0.4, -0.2) is 24.0 Å². The van der Waals surface area contributed by atoms with Crippen LogP contribution in [0.1, 0.15) is 29.6 Å². The van der Waals surface area contributed by atoms with Crippen LogP contribution in [0.4, 0.5) is 0 Å². The standard InChI is InChI=1S/C13H19N3O/c14-8-11-2-1-3-12(11)9-16-13(17)10-4-6-15-7-5-10/h4-7,11-12H,1-3,8-9,14H2,(H,16,17). The molecule has 1 saturated carbocycles. The highest BCUT2D eigenvalue weighted by Gasteiger charge is 2.26. The molecule has 0 saturated heterocycles. The predicted octanol–water partition coefficient (Wildman–Crippen LogP) is 1.19. The molecule has 1 amide bonds. The lowest BCUT2D eigenvalue weighted by Gasteiger charge is -2.18. The van der Waals surface area contributed by atoms with E-state index in [0.29, 0.717) is 17.4 Å². The minimum Gasteiger partial charge on any atom is -0.352 e. The maximum atomic E-state index is 11.8. The SMILES string of the molecule is NCC1CCCC1CNC(=O)c1ccncc1. The Balaban J connectivity index is 1.84. The van der Waals surface area contributed by atoms with Crippen LogP contribution in [0.5, 0.6) is 0 Å². The van der Waals surface area contributed by atoms with Gasteiger partial charge >= 0.3 is 0 Å². The van der Waals surface area contributed by atoms with E-state index in [1.165, 1.54) is 19.3 Å². The molecule has 0 aliphatic heterocycles. The summed E-state index contributed by atoms with van der Waals surface area (Å²) in [7, 11) is 0. The highest BCUT2D eigenvalue weighted by atomic mass is 16.1. The minimum absolute atomic E-state index is 0.0185. The Morgan fingerprint density at radius 1 is 1.35 bits per heavy atom. The van der Waals surface area contributed by atoms with E-state index in [0.717, 1.165) is 13.1 Å². The van der Waals surface area contributed by atoms with Crippen molar-refractivity contribution in [2.75, 3.05) is 13.1 Å². The molecule has 0 spiro atoms. The molecule has 1 aliphatic rings. The average molecular weight is 233 g/mol. The van der Waals surface area contributed by atoms with Crippen molar-refractivity contribution in [3.8, 4) is 0 Å². The van der Waals surface area contributed by atoms with E-state index >= 15 is 0 Å². The van der Waals surface area contributed by atoms with Gasteiger partial charge in [0.1, 0.15) is 0 Å². The molecule has 1 aromatic heterocycles. The van der Waals surface area contributed by atoms with Gasteiger partial charge in [-0.3, -0.25) is 9.78 Å². The Morgan fingerprint density at radius 2 is 2.06 bits per heavy atom. The molecular formula is C13H19N3O. The molecule has 0 aromatic carbocycles. The van der Waals surface area contributed by atoms with Gasteiger partial charge in [0.25, 0.3) is 5.91 Å². The Labute approximate surface area is 102 Å². The molecule has 2 atom stereocenters. The molecule has 2 rings (SSSR count). The largest absolute Gasteiger partial charge is 0.352 e. The molecule has 2 unspecified atom stereocenters. The molecule has 3 N–H and O–H groups in total. The zero-order valence-electron chi connectivity index (χ0n) is 9.93. The lowest BCUT2D eigenvalue weighted by molar-refractivity contribution is 0.0944. The van der Waals surface area contributed by atoms with Crippen molar-refractivity contribution in [3.05, 3.63) is 30.1 Å². The van der Waals surface area contributed by atoms with E-state index in [4.69, 9.17) is 5.73 Å². The predicted molar refractivity (Wildman–Crippen MR) is 66.5 cm³/mol. The lowest BCUT2D eigenvalue weighted by atomic mass is 9.96. The lowest BCUT2D eigenvalue weighted by Crippen LogP contribution is -2.32. The van der Waals surface area contributed by atoms with E-state index in [9.17, 15) is 4.79 Å². The van der Waals surface area contributed by atoms with Gasteiger partial charge in [-0.1, -0.05) is 6.42 Å². The summed E-state index contributed by atoms with van der Waals surface area (Å²) < 4.78 is 0. The van der Waals surface area contributed by atoms with Crippen LogP contribution in [-0.2, 0) is 0 Å². The monoisotopic (exact) mass is 233 g/mol. The van der Waals surface area contributed by atoms with Crippen molar-refractivity contribution < 1.29 is 4.79 Å². The van der Waals surface area contributed by atoms with Crippen LogP contribution in [0.25, 0.3) is 0 Å². The molecule has 1 heterocycles. The van der Waals surface area contributed by atoms with Crippen LogP contribution in [0.2, 0.25) is 0 Å². The third kappa shape index (κ3) is 3.03. The summed E-state index contributed by atoms with van der Waals surface area (Å²) in [6.45, 7) is 1.47. The highest BCUT2D eigenvalue weighted by molar-refractivity contribution is 5.93. The summed E-state index contributed by atoms with van der Waals surface area (Å²) in [5.41, 5.74) is 6.39. The Bertz CT molecular complexity index is 366. The van der Waals surface area contributed by atoms with Crippen LogP contribution >= 0.6 is 0 Å². The number of aromatic nitrogens is 1. The number of nitrogens with one attached hydrogen (secondary N) is 1. The first-order valence-corrected chi connectivity index (χ1v) is 6.19. The summed E-state index contributed by atoms with van der Waals surface area (Å²) in [5.74, 6) is 1.11. The molecule has 1 aliphatic carbocycles. The molecule has 1 fully saturated rings. The van der Waals surface area contributed by atoms with Crippen LogP contribution in [0.15, 0.2) is 24.5 Å². The first-order valence-electron chi connectivity index (χ1n) is 6.19. The van der Waals surface area contributed by atoms with Crippen molar-refractivity contribution in [1.82, 2.24) is 10.3 Å². The highest BCUT2D eigenvalue weighted by Crippen LogP contribution is 2.30. The average Bonchev–Trinajstić information content (AvgIpc) is 2.84. The van der Waals surface area contributed by atoms with Crippen molar-refractivity contribution in [2.45, 2.75) is 19.3 Å². The fraction of sp³-hybridized carbons (Fsp3) is 0.538. The first kappa shape index (κ1) is 12.0. The number of hydrogen-bond acceptors (Lipinski definition) is 3. The van der Waals surface area contributed by atoms with Crippen molar-refractivity contribution >= 4 is 5.91 Å². The second kappa shape index (κ2) is 5.77. The van der Waals surface area contributed by atoms with Gasteiger partial charge in [0, 0.05) is 24.5 Å². The van der Waals surface area contributed by atoms with Crippen molar-refractivity contribution in [2.24, 2.45) is 17.6 Å². The number of carbonyl (C=O) groups is 1. The number of pyridine rings is 1. The third-order valence-electron chi connectivity index (χ3n) is 3.59. The molecule has 1 aromatic rings. The fourth-order valence-corrected chi connectivity index (χ4v) is 2.52. The Kier molecular flexibility index (Phi) is 4.09. The Morgan fingerprint density at radius 3 is 2.76 bits per heavy atom. The second-order valence-corrected chi connectivity index (χ2v) is 4.63. The van der Waals surface area contributed by atoms with Gasteiger partial charge in [-0.15, -0.1) is 0 Å². The van der Waals surface area contributed by atoms with Crippen molar-refractivity contribution in [1.29, 1.82) is 0 Å². The maximum Gasteiger partial charge on any atom is 0.251 e. The summed E-state index contributed by atoms with van der Waals surface area (Å²) in [6.07, 6.45) is 6.88. The smallest absolute Gasteiger partial charge is 0.251 e. The van der Waals surface area contributed by atoms with Gasteiger partial charge in [-0.25, -0.2) is 0 Å². The van der Waals surface area contributed by atoms with Gasteiger partial charge in [-0.05, 0) is 43.4 Å². The van der Waals surface area contributed by atoms with E-state index in [1.54, 1.807) is 24.5 Å². The van der Waals surface area contributed by atoms with E-state index in [1.807, 2.05) is 0 Å². The molecule has 4 nitrogen and oxygen atoms in total. The van der Waals surface area contributed by atoms with Gasteiger partial charge in [0.15, 0.2) is 0 Å². The van der Waals surface area contributed by atoms with Crippen molar-refractivity contribution in [3.63, 3.8) is 0 Å². The minimum atomic E-state index is -0.0185. The number of nitrogens with two attached hydrogens (primary N) is 1. The first-order chi connectivity index (χ1) is 8.31. The quantitative estimate of drug-likeness (QED) is 0.820. The molecule has 92 valence electrons. The molecule has 0 radical (unpaired) electrons. The zero-order chi connectivity index (χ0) is 12.1. The number of hydrogen-bond donors (Lipinski definition) is 2.